The Hall–Kier alpha value is -3.70. The van der Waals surface area contributed by atoms with Crippen LogP contribution in [0.25, 0.3) is 16.9 Å². The van der Waals surface area contributed by atoms with E-state index in [1.54, 1.807) is 0 Å². The molecule has 0 bridgehead atoms. The van der Waals surface area contributed by atoms with E-state index in [9.17, 15) is 10.1 Å². The average Bonchev–Trinajstić information content (AvgIpc) is 3.11. The van der Waals surface area contributed by atoms with Crippen LogP contribution in [-0.4, -0.2) is 46.3 Å². The van der Waals surface area contributed by atoms with Crippen LogP contribution in [0.4, 0.5) is 14.5 Å². The molecule has 172 valence electrons. The maximum atomic E-state index is 15.2. The van der Waals surface area contributed by atoms with Gasteiger partial charge < -0.3 is 25.2 Å². The second-order valence-corrected chi connectivity index (χ2v) is 7.67. The van der Waals surface area contributed by atoms with Gasteiger partial charge in [0.2, 0.25) is 0 Å². The van der Waals surface area contributed by atoms with Crippen molar-refractivity contribution in [1.82, 2.24) is 14.7 Å². The third-order valence-electron chi connectivity index (χ3n) is 5.33. The molecule has 0 saturated carbocycles. The quantitative estimate of drug-likeness (QED) is 0.285. The molecular weight excluding hydrogens is 434 g/mol. The van der Waals surface area contributed by atoms with Gasteiger partial charge in [0.25, 0.3) is 0 Å². The smallest absolute Gasteiger partial charge is 0.302 e. The van der Waals surface area contributed by atoms with E-state index in [4.69, 9.17) is 10.1 Å². The number of nitrogens with one attached hydrogen (secondary N) is 3. The third kappa shape index (κ3) is 4.73. The summed E-state index contributed by atoms with van der Waals surface area (Å²) < 4.78 is 37.9. The van der Waals surface area contributed by atoms with Gasteiger partial charge >= 0.3 is 5.70 Å². The summed E-state index contributed by atoms with van der Waals surface area (Å²) in [6, 6.07) is 5.80. The Morgan fingerprint density at radius 2 is 2.18 bits per heavy atom. The molecule has 1 aliphatic rings. The van der Waals surface area contributed by atoms with Crippen molar-refractivity contribution in [3.05, 3.63) is 75.4 Å². The summed E-state index contributed by atoms with van der Waals surface area (Å²) in [5.41, 5.74) is 1.45. The standard InChI is InChI=1S/C22H22F2N6O3/c1-13-2-4-29-19(9-16-12-26-3-5-33-16)22(28-20(29)6-13)21-17(23)7-14(8-18(21)24)27-11-15(10-25)30(31)32/h2,4,6-8,10-11,16,25-27H,3,5,9,12H2,1H3/b15-11+,25-10?. The molecule has 3 heterocycles. The zero-order valence-electron chi connectivity index (χ0n) is 17.8. The number of allylic oxidation sites excluding steroid dienone is 1. The van der Waals surface area contributed by atoms with E-state index in [-0.39, 0.29) is 23.0 Å². The molecule has 33 heavy (non-hydrogen) atoms. The van der Waals surface area contributed by atoms with Crippen LogP contribution in [0.3, 0.4) is 0 Å². The minimum absolute atomic E-state index is 0.0316. The van der Waals surface area contributed by atoms with Crippen LogP contribution in [-0.2, 0) is 11.2 Å². The van der Waals surface area contributed by atoms with Gasteiger partial charge in [0.1, 0.15) is 17.3 Å². The molecular formula is C22H22F2N6O3. The summed E-state index contributed by atoms with van der Waals surface area (Å²) in [5, 5.41) is 23.6. The fourth-order valence-electron chi connectivity index (χ4n) is 3.75. The van der Waals surface area contributed by atoms with E-state index in [1.165, 1.54) is 0 Å². The number of anilines is 1. The molecule has 1 aliphatic heterocycles. The molecule has 3 aromatic rings. The minimum atomic E-state index is -0.868. The lowest BCUT2D eigenvalue weighted by Crippen LogP contribution is -2.39. The SMILES string of the molecule is Cc1ccn2c(CC3CNCCO3)c(-c3c(F)cc(N/C=C(\C=N)[N+](=O)[O-])cc3F)nc2c1. The number of morpholine rings is 1. The first-order valence-electron chi connectivity index (χ1n) is 10.3. The highest BCUT2D eigenvalue weighted by molar-refractivity contribution is 5.74. The van der Waals surface area contributed by atoms with Crippen molar-refractivity contribution in [2.24, 2.45) is 0 Å². The van der Waals surface area contributed by atoms with Crippen molar-refractivity contribution >= 4 is 17.5 Å². The first-order chi connectivity index (χ1) is 15.9. The summed E-state index contributed by atoms with van der Waals surface area (Å²) in [7, 11) is 0. The monoisotopic (exact) mass is 456 g/mol. The molecule has 0 amide bonds. The Morgan fingerprint density at radius 1 is 1.42 bits per heavy atom. The Balaban J connectivity index is 1.77. The lowest BCUT2D eigenvalue weighted by atomic mass is 10.0. The van der Waals surface area contributed by atoms with E-state index >= 15 is 8.78 Å². The van der Waals surface area contributed by atoms with E-state index in [1.807, 2.05) is 29.7 Å². The summed E-state index contributed by atoms with van der Waals surface area (Å²) in [4.78, 5) is 14.6. The topological polar surface area (TPSA) is 118 Å². The highest BCUT2D eigenvalue weighted by Gasteiger charge is 2.25. The van der Waals surface area contributed by atoms with Crippen LogP contribution >= 0.6 is 0 Å². The Morgan fingerprint density at radius 3 is 2.82 bits per heavy atom. The molecule has 0 aliphatic carbocycles. The second-order valence-electron chi connectivity index (χ2n) is 7.67. The second kappa shape index (κ2) is 9.43. The Kier molecular flexibility index (Phi) is 6.43. The first-order valence-corrected chi connectivity index (χ1v) is 10.3. The molecule has 1 atom stereocenters. The van der Waals surface area contributed by atoms with Gasteiger partial charge in [-0.25, -0.2) is 13.8 Å². The van der Waals surface area contributed by atoms with Gasteiger partial charge in [-0.2, -0.15) is 0 Å². The number of pyridine rings is 1. The average molecular weight is 456 g/mol. The largest absolute Gasteiger partial charge is 0.375 e. The van der Waals surface area contributed by atoms with Crippen LogP contribution in [0, 0.1) is 34.1 Å². The van der Waals surface area contributed by atoms with Gasteiger partial charge in [0.05, 0.1) is 47.0 Å². The Bertz CT molecular complexity index is 1230. The molecule has 2 aromatic heterocycles. The molecule has 1 aromatic carbocycles. The summed E-state index contributed by atoms with van der Waals surface area (Å²) in [5.74, 6) is -1.74. The van der Waals surface area contributed by atoms with Crippen LogP contribution in [0.15, 0.2) is 42.4 Å². The number of rotatable bonds is 7. The lowest BCUT2D eigenvalue weighted by Gasteiger charge is -2.24. The van der Waals surface area contributed by atoms with Gasteiger partial charge in [0, 0.05) is 31.4 Å². The van der Waals surface area contributed by atoms with E-state index in [0.29, 0.717) is 37.1 Å². The maximum absolute atomic E-state index is 15.2. The fraction of sp³-hybridized carbons (Fsp3) is 0.273. The van der Waals surface area contributed by atoms with Gasteiger partial charge in [-0.3, -0.25) is 10.1 Å². The zero-order chi connectivity index (χ0) is 23.5. The zero-order valence-corrected chi connectivity index (χ0v) is 17.8. The third-order valence-corrected chi connectivity index (χ3v) is 5.33. The number of fused-ring (bicyclic) bond motifs is 1. The predicted molar refractivity (Wildman–Crippen MR) is 119 cm³/mol. The van der Waals surface area contributed by atoms with Crippen molar-refractivity contribution in [2.45, 2.75) is 19.4 Å². The van der Waals surface area contributed by atoms with Gasteiger partial charge in [-0.15, -0.1) is 0 Å². The highest BCUT2D eigenvalue weighted by atomic mass is 19.1. The Labute approximate surface area is 187 Å². The van der Waals surface area contributed by atoms with Crippen LogP contribution in [0.1, 0.15) is 11.3 Å². The molecule has 1 unspecified atom stereocenters. The number of aryl methyl sites for hydroxylation is 1. The van der Waals surface area contributed by atoms with Crippen molar-refractivity contribution in [3.8, 4) is 11.3 Å². The number of benzene rings is 1. The summed E-state index contributed by atoms with van der Waals surface area (Å²) in [6.07, 6.45) is 3.48. The van der Waals surface area contributed by atoms with Gasteiger partial charge in [-0.05, 0) is 36.8 Å². The molecule has 9 nitrogen and oxygen atoms in total. The number of halogens is 2. The number of ether oxygens (including phenoxy) is 1. The van der Waals surface area contributed by atoms with Crippen molar-refractivity contribution < 1.29 is 18.4 Å². The lowest BCUT2D eigenvalue weighted by molar-refractivity contribution is -0.414. The minimum Gasteiger partial charge on any atom is -0.375 e. The molecule has 11 heteroatoms. The predicted octanol–water partition coefficient (Wildman–Crippen LogP) is 3.30. The number of imidazole rings is 1. The number of hydrogen-bond acceptors (Lipinski definition) is 7. The molecule has 1 saturated heterocycles. The fourth-order valence-corrected chi connectivity index (χ4v) is 3.75. The summed E-state index contributed by atoms with van der Waals surface area (Å²) >= 11 is 0. The van der Waals surface area contributed by atoms with Gasteiger partial charge in [0.15, 0.2) is 0 Å². The van der Waals surface area contributed by atoms with Crippen LogP contribution in [0.5, 0.6) is 0 Å². The molecule has 3 N–H and O–H groups in total. The number of aromatic nitrogens is 2. The number of hydrogen-bond donors (Lipinski definition) is 3. The number of nitro groups is 1. The van der Waals surface area contributed by atoms with Crippen molar-refractivity contribution in [1.29, 1.82) is 5.41 Å². The van der Waals surface area contributed by atoms with Crippen LogP contribution < -0.4 is 10.6 Å². The highest BCUT2D eigenvalue weighted by Crippen LogP contribution is 2.33. The van der Waals surface area contributed by atoms with E-state index in [0.717, 1.165) is 30.4 Å². The molecule has 1 fully saturated rings. The van der Waals surface area contributed by atoms with Gasteiger partial charge in [-0.1, -0.05) is 0 Å². The summed E-state index contributed by atoms with van der Waals surface area (Å²) in [6.45, 7) is 3.82. The maximum Gasteiger partial charge on any atom is 0.302 e. The molecule has 4 rings (SSSR count). The first kappa shape index (κ1) is 22.5. The number of nitrogens with zero attached hydrogens (tertiary/aromatic N) is 3. The van der Waals surface area contributed by atoms with Crippen molar-refractivity contribution in [3.63, 3.8) is 0 Å². The van der Waals surface area contributed by atoms with Crippen molar-refractivity contribution in [2.75, 3.05) is 25.0 Å². The van der Waals surface area contributed by atoms with E-state index < -0.39 is 22.3 Å². The normalized spacial score (nSPS) is 16.7. The van der Waals surface area contributed by atoms with E-state index in [2.05, 4.69) is 15.6 Å². The molecule has 0 spiro atoms. The molecule has 0 radical (unpaired) electrons. The van der Waals surface area contributed by atoms with Crippen LogP contribution in [0.2, 0.25) is 0 Å².